The van der Waals surface area contributed by atoms with Crippen LogP contribution in [-0.4, -0.2) is 23.2 Å². The van der Waals surface area contributed by atoms with Crippen LogP contribution < -0.4 is 5.32 Å². The molecule has 1 aromatic heterocycles. The van der Waals surface area contributed by atoms with Crippen molar-refractivity contribution in [2.75, 3.05) is 11.8 Å². The summed E-state index contributed by atoms with van der Waals surface area (Å²) >= 11 is 14.8. The molecule has 0 radical (unpaired) electrons. The Balaban J connectivity index is 2.76. The number of hydrogen-bond acceptors (Lipinski definition) is 2. The first-order valence-corrected chi connectivity index (χ1v) is 6.63. The van der Waals surface area contributed by atoms with Crippen LogP contribution in [0.5, 0.6) is 0 Å². The third kappa shape index (κ3) is 3.15. The number of furan rings is 1. The fourth-order valence-electron chi connectivity index (χ4n) is 1.12. The van der Waals surface area contributed by atoms with Crippen molar-refractivity contribution in [1.82, 2.24) is 5.32 Å². The normalized spacial score (nSPS) is 11.5. The van der Waals surface area contributed by atoms with E-state index in [2.05, 4.69) is 21.2 Å². The van der Waals surface area contributed by atoms with Gasteiger partial charge in [0.05, 0.1) is 5.54 Å². The van der Waals surface area contributed by atoms with E-state index >= 15 is 0 Å². The Morgan fingerprint density at radius 3 is 2.50 bits per heavy atom. The van der Waals surface area contributed by atoms with Crippen LogP contribution in [0.2, 0.25) is 0 Å². The Kier molecular flexibility index (Phi) is 5.15. The van der Waals surface area contributed by atoms with Crippen molar-refractivity contribution in [3.63, 3.8) is 0 Å². The molecule has 0 unspecified atom stereocenters. The molecule has 1 heterocycles. The molecular formula is C10H12BrCl2NO2. The summed E-state index contributed by atoms with van der Waals surface area (Å²) in [6.07, 6.45) is 0.660. The standard InChI is InChI=1S/C10H12BrCl2NO2/c1-2-10(5-12,6-13)14-9(15)7-3-4-8(11)16-7/h3-4H,2,5-6H2,1H3,(H,14,15). The van der Waals surface area contributed by atoms with Crippen LogP contribution >= 0.6 is 39.1 Å². The van der Waals surface area contributed by atoms with Crippen molar-refractivity contribution >= 4 is 45.0 Å². The molecule has 1 N–H and O–H groups in total. The van der Waals surface area contributed by atoms with Gasteiger partial charge in [-0.25, -0.2) is 0 Å². The number of carbonyl (C=O) groups is 1. The molecule has 0 aliphatic rings. The molecule has 0 saturated heterocycles. The highest BCUT2D eigenvalue weighted by molar-refractivity contribution is 9.10. The van der Waals surface area contributed by atoms with E-state index in [9.17, 15) is 4.79 Å². The van der Waals surface area contributed by atoms with E-state index < -0.39 is 5.54 Å². The Bertz CT molecular complexity index is 355. The molecule has 0 atom stereocenters. The third-order valence-electron chi connectivity index (χ3n) is 2.36. The summed E-state index contributed by atoms with van der Waals surface area (Å²) in [6, 6.07) is 3.24. The third-order valence-corrected chi connectivity index (χ3v) is 3.81. The van der Waals surface area contributed by atoms with E-state index in [1.54, 1.807) is 12.1 Å². The average molecular weight is 329 g/mol. The van der Waals surface area contributed by atoms with Gasteiger partial charge in [-0.3, -0.25) is 4.79 Å². The van der Waals surface area contributed by atoms with Crippen molar-refractivity contribution in [2.24, 2.45) is 0 Å². The van der Waals surface area contributed by atoms with Gasteiger partial charge in [-0.05, 0) is 34.5 Å². The lowest BCUT2D eigenvalue weighted by Crippen LogP contribution is -2.51. The van der Waals surface area contributed by atoms with Gasteiger partial charge in [0.25, 0.3) is 5.91 Å². The van der Waals surface area contributed by atoms with Gasteiger partial charge in [0.15, 0.2) is 10.4 Å². The first kappa shape index (κ1) is 13.9. The fraction of sp³-hybridized carbons (Fsp3) is 0.500. The highest BCUT2D eigenvalue weighted by Gasteiger charge is 2.29. The van der Waals surface area contributed by atoms with Gasteiger partial charge in [-0.2, -0.15) is 0 Å². The zero-order valence-corrected chi connectivity index (χ0v) is 11.8. The minimum atomic E-state index is -0.584. The van der Waals surface area contributed by atoms with E-state index in [4.69, 9.17) is 27.6 Å². The van der Waals surface area contributed by atoms with Crippen LogP contribution in [0.4, 0.5) is 0 Å². The van der Waals surface area contributed by atoms with E-state index in [1.807, 2.05) is 6.92 Å². The molecule has 90 valence electrons. The summed E-state index contributed by atoms with van der Waals surface area (Å²) in [5.41, 5.74) is -0.584. The second-order valence-electron chi connectivity index (χ2n) is 3.46. The van der Waals surface area contributed by atoms with E-state index in [0.717, 1.165) is 0 Å². The predicted octanol–water partition coefficient (Wildman–Crippen LogP) is 3.40. The van der Waals surface area contributed by atoms with Gasteiger partial charge in [0, 0.05) is 11.8 Å². The highest BCUT2D eigenvalue weighted by Crippen LogP contribution is 2.18. The number of hydrogen-bond donors (Lipinski definition) is 1. The maximum atomic E-state index is 11.8. The van der Waals surface area contributed by atoms with E-state index in [1.165, 1.54) is 0 Å². The summed E-state index contributed by atoms with van der Waals surface area (Å²) in [4.78, 5) is 11.8. The van der Waals surface area contributed by atoms with Crippen LogP contribution in [0, 0.1) is 0 Å². The first-order chi connectivity index (χ1) is 7.56. The summed E-state index contributed by atoms with van der Waals surface area (Å²) in [6.45, 7) is 1.92. The molecule has 0 aromatic carbocycles. The predicted molar refractivity (Wildman–Crippen MR) is 68.3 cm³/mol. The van der Waals surface area contributed by atoms with Crippen molar-refractivity contribution in [1.29, 1.82) is 0 Å². The van der Waals surface area contributed by atoms with Crippen LogP contribution in [0.15, 0.2) is 21.2 Å². The lowest BCUT2D eigenvalue weighted by atomic mass is 10.0. The molecular weight excluding hydrogens is 317 g/mol. The number of alkyl halides is 2. The topological polar surface area (TPSA) is 42.2 Å². The summed E-state index contributed by atoms with van der Waals surface area (Å²) in [5, 5.41) is 2.79. The molecule has 1 rings (SSSR count). The minimum Gasteiger partial charge on any atom is -0.444 e. The molecule has 16 heavy (non-hydrogen) atoms. The Morgan fingerprint density at radius 2 is 2.12 bits per heavy atom. The Labute approximate surface area is 113 Å². The van der Waals surface area contributed by atoms with Crippen molar-refractivity contribution < 1.29 is 9.21 Å². The molecule has 1 aromatic rings. The molecule has 0 bridgehead atoms. The van der Waals surface area contributed by atoms with Gasteiger partial charge < -0.3 is 9.73 Å². The SMILES string of the molecule is CCC(CCl)(CCl)NC(=O)c1ccc(Br)o1. The van der Waals surface area contributed by atoms with Crippen LogP contribution in [0.25, 0.3) is 0 Å². The van der Waals surface area contributed by atoms with Gasteiger partial charge in [0.1, 0.15) is 0 Å². The summed E-state index contributed by atoms with van der Waals surface area (Å²) in [7, 11) is 0. The van der Waals surface area contributed by atoms with Gasteiger partial charge >= 0.3 is 0 Å². The fourth-order valence-corrected chi connectivity index (χ4v) is 2.22. The average Bonchev–Trinajstić information content (AvgIpc) is 2.73. The molecule has 3 nitrogen and oxygen atoms in total. The largest absolute Gasteiger partial charge is 0.444 e. The molecule has 0 saturated carbocycles. The van der Waals surface area contributed by atoms with Gasteiger partial charge in [-0.1, -0.05) is 6.92 Å². The molecule has 0 aliphatic heterocycles. The lowest BCUT2D eigenvalue weighted by Gasteiger charge is -2.28. The van der Waals surface area contributed by atoms with Crippen molar-refractivity contribution in [2.45, 2.75) is 18.9 Å². The monoisotopic (exact) mass is 327 g/mol. The van der Waals surface area contributed by atoms with Gasteiger partial charge in [0.2, 0.25) is 0 Å². The molecule has 0 aliphatic carbocycles. The second-order valence-corrected chi connectivity index (χ2v) is 4.78. The zero-order chi connectivity index (χ0) is 12.2. The maximum Gasteiger partial charge on any atom is 0.287 e. The maximum absolute atomic E-state index is 11.8. The molecule has 1 amide bonds. The number of amides is 1. The zero-order valence-electron chi connectivity index (χ0n) is 8.73. The summed E-state index contributed by atoms with van der Waals surface area (Å²) in [5.74, 6) is 0.454. The van der Waals surface area contributed by atoms with Gasteiger partial charge in [-0.15, -0.1) is 23.2 Å². The minimum absolute atomic E-state index is 0.236. The van der Waals surface area contributed by atoms with E-state index in [-0.39, 0.29) is 23.4 Å². The number of halogens is 3. The number of carbonyl (C=O) groups excluding carboxylic acids is 1. The first-order valence-electron chi connectivity index (χ1n) is 4.76. The number of nitrogens with one attached hydrogen (secondary N) is 1. The smallest absolute Gasteiger partial charge is 0.287 e. The Morgan fingerprint density at radius 1 is 1.50 bits per heavy atom. The molecule has 0 spiro atoms. The highest BCUT2D eigenvalue weighted by atomic mass is 79.9. The number of rotatable bonds is 5. The van der Waals surface area contributed by atoms with Crippen molar-refractivity contribution in [3.8, 4) is 0 Å². The summed E-state index contributed by atoms with van der Waals surface area (Å²) < 4.78 is 5.65. The molecule has 0 fully saturated rings. The van der Waals surface area contributed by atoms with Crippen molar-refractivity contribution in [3.05, 3.63) is 22.6 Å². The van der Waals surface area contributed by atoms with Crippen LogP contribution in [0.1, 0.15) is 23.9 Å². The second kappa shape index (κ2) is 5.94. The lowest BCUT2D eigenvalue weighted by molar-refractivity contribution is 0.0883. The van der Waals surface area contributed by atoms with Crippen LogP contribution in [0.3, 0.4) is 0 Å². The Hall–Kier alpha value is -0.190. The van der Waals surface area contributed by atoms with E-state index in [0.29, 0.717) is 11.1 Å². The quantitative estimate of drug-likeness (QED) is 0.842. The van der Waals surface area contributed by atoms with Crippen LogP contribution in [-0.2, 0) is 0 Å². The molecule has 6 heteroatoms.